The van der Waals surface area contributed by atoms with Gasteiger partial charge in [-0.15, -0.1) is 11.3 Å². The minimum absolute atomic E-state index is 0.0342. The number of rotatable bonds is 5. The molecule has 1 unspecified atom stereocenters. The molecule has 0 bridgehead atoms. The van der Waals surface area contributed by atoms with Gasteiger partial charge in [0.05, 0.1) is 13.0 Å². The van der Waals surface area contributed by atoms with E-state index in [1.54, 1.807) is 11.3 Å². The highest BCUT2D eigenvalue weighted by Crippen LogP contribution is 2.34. The van der Waals surface area contributed by atoms with Crippen molar-refractivity contribution >= 4 is 17.2 Å². The predicted octanol–water partition coefficient (Wildman–Crippen LogP) is 3.40. The number of amides is 1. The predicted molar refractivity (Wildman–Crippen MR) is 78.5 cm³/mol. The third-order valence-electron chi connectivity index (χ3n) is 4.01. The molecule has 0 saturated carbocycles. The summed E-state index contributed by atoms with van der Waals surface area (Å²) in [7, 11) is 1.91. The minimum Gasteiger partial charge on any atom is -0.372 e. The quantitative estimate of drug-likeness (QED) is 0.828. The lowest BCUT2D eigenvalue weighted by molar-refractivity contribution is -0.135. The molecule has 1 aliphatic rings. The highest BCUT2D eigenvalue weighted by Gasteiger charge is 2.27. The van der Waals surface area contributed by atoms with Crippen molar-refractivity contribution in [3.05, 3.63) is 21.9 Å². The van der Waals surface area contributed by atoms with Gasteiger partial charge in [-0.25, -0.2) is 0 Å². The molecule has 1 aliphatic heterocycles. The van der Waals surface area contributed by atoms with Crippen LogP contribution < -0.4 is 0 Å². The summed E-state index contributed by atoms with van der Waals surface area (Å²) in [5, 5.41) is 2.10. The van der Waals surface area contributed by atoms with Crippen LogP contribution in [-0.4, -0.2) is 30.5 Å². The molecule has 0 radical (unpaired) electrons. The number of hydrogen-bond acceptors (Lipinski definition) is 3. The van der Waals surface area contributed by atoms with Crippen molar-refractivity contribution in [2.45, 2.75) is 51.7 Å². The molecule has 1 atom stereocenters. The van der Waals surface area contributed by atoms with Crippen molar-refractivity contribution in [3.63, 3.8) is 0 Å². The van der Waals surface area contributed by atoms with Gasteiger partial charge in [-0.1, -0.05) is 13.8 Å². The molecule has 4 heteroatoms. The lowest BCUT2D eigenvalue weighted by Gasteiger charge is -2.29. The molecule has 0 saturated heterocycles. The van der Waals surface area contributed by atoms with Gasteiger partial charge >= 0.3 is 0 Å². The molecule has 1 aromatic rings. The maximum absolute atomic E-state index is 12.4. The Hall–Kier alpha value is -0.870. The first kappa shape index (κ1) is 14.5. The fraction of sp³-hybridized carbons (Fsp3) is 0.667. The molecular formula is C15H23NO2S. The zero-order chi connectivity index (χ0) is 13.8. The van der Waals surface area contributed by atoms with Crippen LogP contribution >= 0.6 is 11.3 Å². The Morgan fingerprint density at radius 3 is 2.95 bits per heavy atom. The van der Waals surface area contributed by atoms with E-state index in [1.807, 2.05) is 11.9 Å². The van der Waals surface area contributed by atoms with Crippen LogP contribution in [0.2, 0.25) is 0 Å². The maximum Gasteiger partial charge on any atom is 0.225 e. The van der Waals surface area contributed by atoms with Crippen molar-refractivity contribution in [2.75, 3.05) is 13.7 Å². The van der Waals surface area contributed by atoms with Gasteiger partial charge in [0, 0.05) is 18.0 Å². The molecule has 1 aromatic heterocycles. The van der Waals surface area contributed by atoms with Crippen molar-refractivity contribution in [1.82, 2.24) is 4.90 Å². The summed E-state index contributed by atoms with van der Waals surface area (Å²) in [5.74, 6) is 0.194. The van der Waals surface area contributed by atoms with E-state index in [4.69, 9.17) is 4.74 Å². The first-order valence-corrected chi connectivity index (χ1v) is 7.98. The van der Waals surface area contributed by atoms with Crippen LogP contribution in [0.5, 0.6) is 0 Å². The van der Waals surface area contributed by atoms with Crippen molar-refractivity contribution in [1.29, 1.82) is 0 Å². The largest absolute Gasteiger partial charge is 0.372 e. The molecule has 1 amide bonds. The normalized spacial score (nSPS) is 18.4. The topological polar surface area (TPSA) is 29.5 Å². The highest BCUT2D eigenvalue weighted by molar-refractivity contribution is 7.10. The Labute approximate surface area is 119 Å². The zero-order valence-electron chi connectivity index (χ0n) is 12.0. The molecule has 106 valence electrons. The van der Waals surface area contributed by atoms with E-state index < -0.39 is 0 Å². The summed E-state index contributed by atoms with van der Waals surface area (Å²) in [4.78, 5) is 15.5. The highest BCUT2D eigenvalue weighted by atomic mass is 32.1. The second-order valence-electron chi connectivity index (χ2n) is 5.10. The van der Waals surface area contributed by atoms with Crippen LogP contribution in [0.3, 0.4) is 0 Å². The van der Waals surface area contributed by atoms with Crippen molar-refractivity contribution in [3.8, 4) is 0 Å². The average Bonchev–Trinajstić information content (AvgIpc) is 2.89. The zero-order valence-corrected chi connectivity index (χ0v) is 12.8. The smallest absolute Gasteiger partial charge is 0.225 e. The lowest BCUT2D eigenvalue weighted by atomic mass is 10.0. The number of nitrogens with zero attached hydrogens (tertiary/aromatic N) is 1. The van der Waals surface area contributed by atoms with E-state index >= 15 is 0 Å². The second kappa shape index (κ2) is 6.53. The number of ether oxygens (including phenoxy) is 1. The number of fused-ring (bicyclic) bond motifs is 1. The maximum atomic E-state index is 12.4. The summed E-state index contributed by atoms with van der Waals surface area (Å²) in [6.45, 7) is 5.00. The van der Waals surface area contributed by atoms with E-state index in [0.29, 0.717) is 12.5 Å². The van der Waals surface area contributed by atoms with Gasteiger partial charge < -0.3 is 9.64 Å². The van der Waals surface area contributed by atoms with E-state index in [9.17, 15) is 4.79 Å². The first-order valence-electron chi connectivity index (χ1n) is 7.10. The molecule has 19 heavy (non-hydrogen) atoms. The molecule has 0 aromatic carbocycles. The Kier molecular flexibility index (Phi) is 4.99. The van der Waals surface area contributed by atoms with Crippen LogP contribution in [0, 0.1) is 0 Å². The Morgan fingerprint density at radius 2 is 2.26 bits per heavy atom. The molecule has 0 aliphatic carbocycles. The van der Waals surface area contributed by atoms with Crippen LogP contribution in [0.15, 0.2) is 11.4 Å². The number of carbonyl (C=O) groups is 1. The third kappa shape index (κ3) is 3.18. The molecule has 3 nitrogen and oxygen atoms in total. The monoisotopic (exact) mass is 281 g/mol. The fourth-order valence-electron chi connectivity index (χ4n) is 2.72. The van der Waals surface area contributed by atoms with Crippen LogP contribution in [0.1, 0.15) is 49.7 Å². The summed E-state index contributed by atoms with van der Waals surface area (Å²) >= 11 is 1.71. The van der Waals surface area contributed by atoms with E-state index in [2.05, 4.69) is 25.3 Å². The van der Waals surface area contributed by atoms with Gasteiger partial charge in [0.1, 0.15) is 6.10 Å². The standard InChI is InChI=1S/C15H23NO2S/c1-4-12(5-2)16(3)14(17)10-13-15-11(6-8-18-13)7-9-19-15/h7,9,12-13H,4-6,8,10H2,1-3H3. The number of thiophene rings is 1. The molecular weight excluding hydrogens is 258 g/mol. The van der Waals surface area contributed by atoms with Crippen molar-refractivity contribution < 1.29 is 9.53 Å². The van der Waals surface area contributed by atoms with Crippen LogP contribution in [0.25, 0.3) is 0 Å². The summed E-state index contributed by atoms with van der Waals surface area (Å²) in [6, 6.07) is 2.50. The summed E-state index contributed by atoms with van der Waals surface area (Å²) < 4.78 is 5.79. The fourth-order valence-corrected chi connectivity index (χ4v) is 3.72. The van der Waals surface area contributed by atoms with E-state index in [1.165, 1.54) is 10.4 Å². The molecule has 0 N–H and O–H groups in total. The lowest BCUT2D eigenvalue weighted by Crippen LogP contribution is -2.37. The molecule has 2 rings (SSSR count). The van der Waals surface area contributed by atoms with E-state index in [-0.39, 0.29) is 12.0 Å². The van der Waals surface area contributed by atoms with Gasteiger partial charge in [-0.2, -0.15) is 0 Å². The third-order valence-corrected chi connectivity index (χ3v) is 5.06. The summed E-state index contributed by atoms with van der Waals surface area (Å²) in [5.41, 5.74) is 1.36. The van der Waals surface area contributed by atoms with Gasteiger partial charge in [-0.05, 0) is 36.3 Å². The Balaban J connectivity index is 2.01. The summed E-state index contributed by atoms with van der Waals surface area (Å²) in [6.07, 6.45) is 3.43. The number of hydrogen-bond donors (Lipinski definition) is 0. The van der Waals surface area contributed by atoms with Gasteiger partial charge in [-0.3, -0.25) is 4.79 Å². The molecule has 0 fully saturated rings. The van der Waals surface area contributed by atoms with Crippen molar-refractivity contribution in [2.24, 2.45) is 0 Å². The van der Waals surface area contributed by atoms with Gasteiger partial charge in [0.25, 0.3) is 0 Å². The molecule has 2 heterocycles. The minimum atomic E-state index is -0.0342. The Bertz CT molecular complexity index is 426. The van der Waals surface area contributed by atoms with E-state index in [0.717, 1.165) is 25.9 Å². The van der Waals surface area contributed by atoms with Crippen LogP contribution in [-0.2, 0) is 16.0 Å². The Morgan fingerprint density at radius 1 is 1.53 bits per heavy atom. The van der Waals surface area contributed by atoms with Gasteiger partial charge in [0.15, 0.2) is 0 Å². The van der Waals surface area contributed by atoms with Gasteiger partial charge in [0.2, 0.25) is 5.91 Å². The number of carbonyl (C=O) groups excluding carboxylic acids is 1. The average molecular weight is 281 g/mol. The second-order valence-corrected chi connectivity index (χ2v) is 6.05. The van der Waals surface area contributed by atoms with Crippen LogP contribution in [0.4, 0.5) is 0 Å². The molecule has 0 spiro atoms. The SMILES string of the molecule is CCC(CC)N(C)C(=O)CC1OCCc2ccsc21. The first-order chi connectivity index (χ1) is 9.17.